The van der Waals surface area contributed by atoms with Crippen molar-refractivity contribution in [3.8, 4) is 11.5 Å². The first-order valence-corrected chi connectivity index (χ1v) is 13.2. The summed E-state index contributed by atoms with van der Waals surface area (Å²) in [5.41, 5.74) is 1.40. The number of carbonyl (C=O) groups is 1. The minimum absolute atomic E-state index is 0.0119. The molecular formula is C27H36N2O5. The summed E-state index contributed by atoms with van der Waals surface area (Å²) in [5.74, 6) is 2.46. The van der Waals surface area contributed by atoms with Gasteiger partial charge in [0.15, 0.2) is 11.5 Å². The highest BCUT2D eigenvalue weighted by atomic mass is 16.7. The highest BCUT2D eigenvalue weighted by Gasteiger charge is 2.78. The van der Waals surface area contributed by atoms with Crippen molar-refractivity contribution in [1.29, 1.82) is 0 Å². The topological polar surface area (TPSA) is 63.8 Å². The quantitative estimate of drug-likeness (QED) is 0.497. The molecule has 1 aromatic rings. The Morgan fingerprint density at radius 2 is 1.88 bits per heavy atom. The van der Waals surface area contributed by atoms with Crippen LogP contribution in [-0.4, -0.2) is 73.1 Å². The Morgan fingerprint density at radius 3 is 2.74 bits per heavy atom. The molecule has 5 fully saturated rings. The lowest BCUT2D eigenvalue weighted by Crippen LogP contribution is -2.55. The molecule has 0 amide bonds. The molecule has 0 aromatic heterocycles. The van der Waals surface area contributed by atoms with Crippen LogP contribution in [-0.2, 0) is 20.8 Å². The zero-order valence-corrected chi connectivity index (χ0v) is 20.3. The Labute approximate surface area is 201 Å². The van der Waals surface area contributed by atoms with Gasteiger partial charge in [0, 0.05) is 50.6 Å². The van der Waals surface area contributed by atoms with Gasteiger partial charge in [-0.15, -0.1) is 0 Å². The van der Waals surface area contributed by atoms with Crippen LogP contribution in [0.2, 0.25) is 0 Å². The first kappa shape index (κ1) is 21.5. The van der Waals surface area contributed by atoms with E-state index in [1.165, 1.54) is 24.8 Å². The maximum atomic E-state index is 13.0. The van der Waals surface area contributed by atoms with Crippen molar-refractivity contribution in [3.63, 3.8) is 0 Å². The molecule has 0 unspecified atom stereocenters. The number of piperazine rings is 1. The number of hydrogen-bond donors (Lipinski definition) is 0. The molecule has 0 bridgehead atoms. The van der Waals surface area contributed by atoms with E-state index in [1.807, 2.05) is 6.07 Å². The van der Waals surface area contributed by atoms with E-state index in [1.54, 1.807) is 0 Å². The lowest BCUT2D eigenvalue weighted by Gasteiger charge is -2.49. The van der Waals surface area contributed by atoms with Crippen LogP contribution in [0, 0.1) is 23.2 Å². The van der Waals surface area contributed by atoms with Crippen LogP contribution in [0.15, 0.2) is 18.2 Å². The summed E-state index contributed by atoms with van der Waals surface area (Å²) >= 11 is 0. The summed E-state index contributed by atoms with van der Waals surface area (Å²) < 4.78 is 23.6. The summed E-state index contributed by atoms with van der Waals surface area (Å²) in [4.78, 5) is 18.0. The average molecular weight is 469 g/mol. The number of fused-ring (bicyclic) bond motifs is 3. The first-order chi connectivity index (χ1) is 16.5. The van der Waals surface area contributed by atoms with E-state index in [-0.39, 0.29) is 41.0 Å². The van der Waals surface area contributed by atoms with Gasteiger partial charge in [-0.1, -0.05) is 26.3 Å². The fraction of sp³-hybridized carbons (Fsp3) is 0.741. The van der Waals surface area contributed by atoms with Gasteiger partial charge in [-0.25, -0.2) is 0 Å². The van der Waals surface area contributed by atoms with Crippen LogP contribution >= 0.6 is 0 Å². The van der Waals surface area contributed by atoms with Crippen LogP contribution in [0.3, 0.4) is 0 Å². The average Bonchev–Trinajstić information content (AvgIpc) is 3.28. The SMILES string of the molecule is C[C@H]1CCC[C@]2(C)C[C@H]3OC(=O)[C@@H](CN4CCN(Cc5ccc6c(c5)OCO6)CC4)[C@H]3[C@@H]3O[C@@]132. The molecule has 6 aliphatic rings. The van der Waals surface area contributed by atoms with E-state index in [4.69, 9.17) is 18.9 Å². The number of esters is 1. The third kappa shape index (κ3) is 3.09. The highest BCUT2D eigenvalue weighted by molar-refractivity contribution is 5.76. The second-order valence-corrected chi connectivity index (χ2v) is 11.8. The summed E-state index contributed by atoms with van der Waals surface area (Å²) in [5, 5.41) is 0. The zero-order chi connectivity index (χ0) is 23.1. The van der Waals surface area contributed by atoms with Crippen molar-refractivity contribution in [2.45, 2.75) is 63.9 Å². The molecule has 184 valence electrons. The molecule has 7 atom stereocenters. The zero-order valence-electron chi connectivity index (χ0n) is 20.3. The van der Waals surface area contributed by atoms with Crippen LogP contribution in [0.4, 0.5) is 0 Å². The van der Waals surface area contributed by atoms with Crippen LogP contribution < -0.4 is 9.47 Å². The van der Waals surface area contributed by atoms with E-state index < -0.39 is 0 Å². The van der Waals surface area contributed by atoms with E-state index in [2.05, 4.69) is 35.8 Å². The molecule has 34 heavy (non-hydrogen) atoms. The Morgan fingerprint density at radius 1 is 1.09 bits per heavy atom. The van der Waals surface area contributed by atoms with Crippen molar-refractivity contribution in [2.24, 2.45) is 23.2 Å². The van der Waals surface area contributed by atoms with Crippen LogP contribution in [0.5, 0.6) is 11.5 Å². The van der Waals surface area contributed by atoms with Gasteiger partial charge in [-0.2, -0.15) is 0 Å². The van der Waals surface area contributed by atoms with Crippen molar-refractivity contribution in [3.05, 3.63) is 23.8 Å². The molecule has 1 spiro atoms. The third-order valence-electron chi connectivity index (χ3n) is 9.96. The van der Waals surface area contributed by atoms with Gasteiger partial charge in [0.25, 0.3) is 0 Å². The number of epoxide rings is 1. The maximum Gasteiger partial charge on any atom is 0.311 e. The predicted octanol–water partition coefficient (Wildman–Crippen LogP) is 3.06. The van der Waals surface area contributed by atoms with Gasteiger partial charge < -0.3 is 18.9 Å². The number of nitrogens with zero attached hydrogens (tertiary/aromatic N) is 2. The smallest absolute Gasteiger partial charge is 0.311 e. The van der Waals surface area contributed by atoms with E-state index in [0.29, 0.717) is 12.7 Å². The molecule has 7 heteroatoms. The summed E-state index contributed by atoms with van der Waals surface area (Å²) in [6.45, 7) is 10.8. The van der Waals surface area contributed by atoms with Crippen molar-refractivity contribution < 1.29 is 23.7 Å². The van der Waals surface area contributed by atoms with E-state index >= 15 is 0 Å². The Hall–Kier alpha value is -1.83. The molecule has 0 N–H and O–H groups in total. The highest BCUT2D eigenvalue weighted by Crippen LogP contribution is 2.70. The second-order valence-electron chi connectivity index (χ2n) is 11.8. The number of carbonyl (C=O) groups excluding carboxylic acids is 1. The molecule has 1 aromatic carbocycles. The molecule has 7 rings (SSSR count). The van der Waals surface area contributed by atoms with Crippen molar-refractivity contribution in [2.75, 3.05) is 39.5 Å². The van der Waals surface area contributed by atoms with Crippen molar-refractivity contribution >= 4 is 5.97 Å². The third-order valence-corrected chi connectivity index (χ3v) is 9.96. The minimum Gasteiger partial charge on any atom is -0.462 e. The molecule has 4 aliphatic heterocycles. The van der Waals surface area contributed by atoms with Crippen LogP contribution in [0.25, 0.3) is 0 Å². The molecular weight excluding hydrogens is 432 g/mol. The first-order valence-electron chi connectivity index (χ1n) is 13.2. The van der Waals surface area contributed by atoms with E-state index in [0.717, 1.165) is 57.2 Å². The van der Waals surface area contributed by atoms with Crippen molar-refractivity contribution in [1.82, 2.24) is 9.80 Å². The minimum atomic E-state index is -0.0477. The fourth-order valence-corrected chi connectivity index (χ4v) is 8.15. The monoisotopic (exact) mass is 468 g/mol. The van der Waals surface area contributed by atoms with Gasteiger partial charge >= 0.3 is 5.97 Å². The Bertz CT molecular complexity index is 993. The number of hydrogen-bond acceptors (Lipinski definition) is 7. The molecule has 4 heterocycles. The molecule has 0 radical (unpaired) electrons. The fourth-order valence-electron chi connectivity index (χ4n) is 8.15. The lowest BCUT2D eigenvalue weighted by molar-refractivity contribution is -0.146. The van der Waals surface area contributed by atoms with Gasteiger partial charge in [0.1, 0.15) is 11.7 Å². The molecule has 2 saturated carbocycles. The van der Waals surface area contributed by atoms with Gasteiger partial charge in [-0.05, 0) is 42.9 Å². The van der Waals surface area contributed by atoms with E-state index in [9.17, 15) is 4.79 Å². The molecule has 3 saturated heterocycles. The maximum absolute atomic E-state index is 13.0. The standard InChI is InChI=1S/C27H36N2O5/c1-17-4-3-7-26(2)13-22-23(24-27(17,26)34-24)19(25(30)33-22)15-29-10-8-28(9-11-29)14-18-5-6-20-21(12-18)32-16-31-20/h5-6,12,17,19,22-24H,3-4,7-11,13-16H2,1-2H3/t17-,19-,22+,23+,24-,26+,27-/m0/s1. The van der Waals surface area contributed by atoms with Crippen LogP contribution in [0.1, 0.15) is 45.1 Å². The Kier molecular flexibility index (Phi) is 4.78. The number of rotatable bonds is 4. The summed E-state index contributed by atoms with van der Waals surface area (Å²) in [7, 11) is 0. The lowest BCUT2D eigenvalue weighted by atomic mass is 9.53. The normalized spacial score (nSPS) is 43.1. The molecule has 2 aliphatic carbocycles. The Balaban J connectivity index is 0.989. The second kappa shape index (κ2) is 7.58. The largest absolute Gasteiger partial charge is 0.462 e. The van der Waals surface area contributed by atoms with Gasteiger partial charge in [-0.3, -0.25) is 14.6 Å². The summed E-state index contributed by atoms with van der Waals surface area (Å²) in [6, 6.07) is 6.23. The van der Waals surface area contributed by atoms with Gasteiger partial charge in [0.2, 0.25) is 6.79 Å². The summed E-state index contributed by atoms with van der Waals surface area (Å²) in [6.07, 6.45) is 4.93. The predicted molar refractivity (Wildman–Crippen MR) is 124 cm³/mol. The number of ether oxygens (including phenoxy) is 4. The van der Waals surface area contributed by atoms with Gasteiger partial charge in [0.05, 0.1) is 12.0 Å². The number of benzene rings is 1. The molecule has 7 nitrogen and oxygen atoms in total.